The molecule has 5 heteroatoms. The van der Waals surface area contributed by atoms with Crippen molar-refractivity contribution in [3.63, 3.8) is 0 Å². The Morgan fingerprint density at radius 2 is 2.17 bits per heavy atom. The number of nitrogens with zero attached hydrogens (tertiary/aromatic N) is 3. The standard InChI is InChI=1S/C19H26FN3O/c1-4-22(16-9-10-24-19(2,3)11-16)13-15-12-21-23(14-15)18-8-6-5-7-17(18)20/h5-8,12,14,16H,4,9-11,13H2,1-3H3. The molecule has 3 rings (SSSR count). The van der Waals surface area contributed by atoms with Crippen LogP contribution >= 0.6 is 0 Å². The number of halogens is 1. The molecule has 0 spiro atoms. The summed E-state index contributed by atoms with van der Waals surface area (Å²) in [5.74, 6) is -0.259. The molecular formula is C19H26FN3O. The fourth-order valence-corrected chi connectivity index (χ4v) is 3.46. The highest BCUT2D eigenvalue weighted by molar-refractivity contribution is 5.32. The number of aromatic nitrogens is 2. The van der Waals surface area contributed by atoms with Crippen molar-refractivity contribution in [3.8, 4) is 5.69 Å². The van der Waals surface area contributed by atoms with Crippen LogP contribution in [-0.2, 0) is 11.3 Å². The third kappa shape index (κ3) is 3.84. The molecule has 1 aliphatic heterocycles. The quantitative estimate of drug-likeness (QED) is 0.835. The Hall–Kier alpha value is -1.72. The lowest BCUT2D eigenvalue weighted by Gasteiger charge is -2.40. The number of benzene rings is 1. The van der Waals surface area contributed by atoms with Gasteiger partial charge in [-0.05, 0) is 45.4 Å². The molecule has 0 amide bonds. The van der Waals surface area contributed by atoms with E-state index in [0.717, 1.165) is 38.1 Å². The van der Waals surface area contributed by atoms with Crippen LogP contribution in [0, 0.1) is 5.82 Å². The zero-order valence-electron chi connectivity index (χ0n) is 14.7. The topological polar surface area (TPSA) is 30.3 Å². The van der Waals surface area contributed by atoms with Gasteiger partial charge in [0.2, 0.25) is 0 Å². The van der Waals surface area contributed by atoms with E-state index in [-0.39, 0.29) is 11.4 Å². The summed E-state index contributed by atoms with van der Waals surface area (Å²) in [5.41, 5.74) is 1.52. The van der Waals surface area contributed by atoms with Gasteiger partial charge < -0.3 is 4.74 Å². The first kappa shape index (κ1) is 17.1. The minimum Gasteiger partial charge on any atom is -0.375 e. The molecule has 24 heavy (non-hydrogen) atoms. The summed E-state index contributed by atoms with van der Waals surface area (Å²) in [6.45, 7) is 9.11. The van der Waals surface area contributed by atoms with Gasteiger partial charge in [-0.3, -0.25) is 4.90 Å². The third-order valence-electron chi connectivity index (χ3n) is 4.71. The Kier molecular flexibility index (Phi) is 5.01. The van der Waals surface area contributed by atoms with Gasteiger partial charge in [-0.1, -0.05) is 19.1 Å². The van der Waals surface area contributed by atoms with Crippen LogP contribution in [0.2, 0.25) is 0 Å². The molecule has 4 nitrogen and oxygen atoms in total. The number of rotatable bonds is 5. The molecule has 2 heterocycles. The Bertz CT molecular complexity index is 683. The van der Waals surface area contributed by atoms with Crippen LogP contribution in [0.15, 0.2) is 36.7 Å². The van der Waals surface area contributed by atoms with E-state index < -0.39 is 0 Å². The summed E-state index contributed by atoms with van der Waals surface area (Å²) in [6, 6.07) is 7.22. The molecule has 0 aliphatic carbocycles. The first-order valence-corrected chi connectivity index (χ1v) is 8.65. The molecule has 1 unspecified atom stereocenters. The van der Waals surface area contributed by atoms with Crippen molar-refractivity contribution in [1.29, 1.82) is 0 Å². The average molecular weight is 331 g/mol. The molecule has 1 aliphatic rings. The molecule has 1 fully saturated rings. The van der Waals surface area contributed by atoms with E-state index in [1.807, 2.05) is 18.5 Å². The Morgan fingerprint density at radius 1 is 1.38 bits per heavy atom. The van der Waals surface area contributed by atoms with Gasteiger partial charge in [0.05, 0.1) is 11.8 Å². The van der Waals surface area contributed by atoms with Crippen LogP contribution in [0.25, 0.3) is 5.69 Å². The predicted octanol–water partition coefficient (Wildman–Crippen LogP) is 3.79. The summed E-state index contributed by atoms with van der Waals surface area (Å²) in [5, 5.41) is 4.33. The lowest BCUT2D eigenvalue weighted by atomic mass is 9.92. The van der Waals surface area contributed by atoms with Crippen LogP contribution in [0.5, 0.6) is 0 Å². The van der Waals surface area contributed by atoms with Crippen molar-refractivity contribution < 1.29 is 9.13 Å². The molecule has 1 saturated heterocycles. The second-order valence-electron chi connectivity index (χ2n) is 7.06. The molecule has 1 aromatic carbocycles. The highest BCUT2D eigenvalue weighted by atomic mass is 19.1. The zero-order chi connectivity index (χ0) is 17.2. The second-order valence-corrected chi connectivity index (χ2v) is 7.06. The lowest BCUT2D eigenvalue weighted by molar-refractivity contribution is -0.0838. The average Bonchev–Trinajstić information content (AvgIpc) is 3.00. The Balaban J connectivity index is 1.72. The van der Waals surface area contributed by atoms with Crippen molar-refractivity contribution in [2.24, 2.45) is 0 Å². The van der Waals surface area contributed by atoms with Crippen molar-refractivity contribution in [3.05, 3.63) is 48.0 Å². The van der Waals surface area contributed by atoms with Crippen LogP contribution in [-0.4, -0.2) is 39.5 Å². The van der Waals surface area contributed by atoms with E-state index in [1.54, 1.807) is 16.8 Å². The van der Waals surface area contributed by atoms with E-state index in [1.165, 1.54) is 6.07 Å². The maximum atomic E-state index is 13.9. The minimum atomic E-state index is -0.259. The van der Waals surface area contributed by atoms with E-state index >= 15 is 0 Å². The molecule has 0 bridgehead atoms. The van der Waals surface area contributed by atoms with Crippen LogP contribution < -0.4 is 0 Å². The fraction of sp³-hybridized carbons (Fsp3) is 0.526. The third-order valence-corrected chi connectivity index (χ3v) is 4.71. The van der Waals surface area contributed by atoms with Gasteiger partial charge in [-0.2, -0.15) is 5.10 Å². The predicted molar refractivity (Wildman–Crippen MR) is 92.7 cm³/mol. The molecule has 1 atom stereocenters. The number of ether oxygens (including phenoxy) is 1. The summed E-state index contributed by atoms with van der Waals surface area (Å²) >= 11 is 0. The monoisotopic (exact) mass is 331 g/mol. The van der Waals surface area contributed by atoms with Crippen LogP contribution in [0.4, 0.5) is 4.39 Å². The summed E-state index contributed by atoms with van der Waals surface area (Å²) in [6.07, 6.45) is 5.84. The van der Waals surface area contributed by atoms with Gasteiger partial charge in [0.15, 0.2) is 0 Å². The maximum absolute atomic E-state index is 13.9. The van der Waals surface area contributed by atoms with Crippen molar-refractivity contribution in [2.75, 3.05) is 13.2 Å². The Labute approximate surface area is 143 Å². The summed E-state index contributed by atoms with van der Waals surface area (Å²) in [4.78, 5) is 2.47. The van der Waals surface area contributed by atoms with Gasteiger partial charge in [-0.25, -0.2) is 9.07 Å². The van der Waals surface area contributed by atoms with E-state index in [9.17, 15) is 4.39 Å². The van der Waals surface area contributed by atoms with Crippen LogP contribution in [0.1, 0.15) is 39.2 Å². The molecule has 1 aromatic heterocycles. The SMILES string of the molecule is CCN(Cc1cnn(-c2ccccc2F)c1)C1CCOC(C)(C)C1. The van der Waals surface area contributed by atoms with Crippen molar-refractivity contribution >= 4 is 0 Å². The number of hydrogen-bond donors (Lipinski definition) is 0. The summed E-state index contributed by atoms with van der Waals surface area (Å²) in [7, 11) is 0. The highest BCUT2D eigenvalue weighted by Crippen LogP contribution is 2.28. The van der Waals surface area contributed by atoms with E-state index in [4.69, 9.17) is 4.74 Å². The lowest BCUT2D eigenvalue weighted by Crippen LogP contribution is -2.45. The van der Waals surface area contributed by atoms with Crippen LogP contribution in [0.3, 0.4) is 0 Å². The van der Waals surface area contributed by atoms with E-state index in [2.05, 4.69) is 30.8 Å². The second kappa shape index (κ2) is 7.03. The molecule has 0 saturated carbocycles. The summed E-state index contributed by atoms with van der Waals surface area (Å²) < 4.78 is 21.4. The van der Waals surface area contributed by atoms with Gasteiger partial charge in [0.25, 0.3) is 0 Å². The number of para-hydroxylation sites is 1. The highest BCUT2D eigenvalue weighted by Gasteiger charge is 2.31. The number of hydrogen-bond acceptors (Lipinski definition) is 3. The van der Waals surface area contributed by atoms with Crippen molar-refractivity contribution in [1.82, 2.24) is 14.7 Å². The van der Waals surface area contributed by atoms with Crippen molar-refractivity contribution in [2.45, 2.75) is 51.8 Å². The van der Waals surface area contributed by atoms with Gasteiger partial charge in [0.1, 0.15) is 11.5 Å². The molecule has 130 valence electrons. The molecule has 2 aromatic rings. The zero-order valence-corrected chi connectivity index (χ0v) is 14.7. The fourth-order valence-electron chi connectivity index (χ4n) is 3.46. The smallest absolute Gasteiger partial charge is 0.148 e. The van der Waals surface area contributed by atoms with Gasteiger partial charge in [-0.15, -0.1) is 0 Å². The van der Waals surface area contributed by atoms with E-state index in [0.29, 0.717) is 11.7 Å². The van der Waals surface area contributed by atoms with Gasteiger partial charge >= 0.3 is 0 Å². The maximum Gasteiger partial charge on any atom is 0.148 e. The normalized spacial score (nSPS) is 20.5. The first-order valence-electron chi connectivity index (χ1n) is 8.65. The minimum absolute atomic E-state index is 0.0618. The largest absolute Gasteiger partial charge is 0.375 e. The first-order chi connectivity index (χ1) is 11.5. The molecular weight excluding hydrogens is 305 g/mol. The molecule has 0 N–H and O–H groups in total. The molecule has 0 radical (unpaired) electrons. The Morgan fingerprint density at radius 3 is 2.88 bits per heavy atom. The van der Waals surface area contributed by atoms with Gasteiger partial charge in [0, 0.05) is 31.0 Å².